The van der Waals surface area contributed by atoms with Gasteiger partial charge in [-0.1, -0.05) is 78.1 Å². The number of hydrogen-bond donors (Lipinski definition) is 0. The molecule has 178 valence electrons. The molecule has 1 aromatic carbocycles. The number of unbranched alkanes of at least 4 members (excludes halogenated alkanes) is 10. The fourth-order valence-corrected chi connectivity index (χ4v) is 6.75. The molecule has 1 rings (SSSR count). The van der Waals surface area contributed by atoms with Crippen molar-refractivity contribution in [2.75, 3.05) is 11.5 Å². The molecule has 0 aliphatic heterocycles. The van der Waals surface area contributed by atoms with Gasteiger partial charge in [-0.05, 0) is 25.0 Å². The number of benzene rings is 1. The van der Waals surface area contributed by atoms with E-state index in [0.29, 0.717) is 12.8 Å². The summed E-state index contributed by atoms with van der Waals surface area (Å²) in [5.74, 6) is -0.245. The van der Waals surface area contributed by atoms with Crippen molar-refractivity contribution in [3.63, 3.8) is 0 Å². The Labute approximate surface area is 194 Å². The highest BCUT2D eigenvalue weighted by Gasteiger charge is 2.27. The molecule has 6 nitrogen and oxygen atoms in total. The molecule has 0 unspecified atom stereocenters. The Bertz CT molecular complexity index is 934. The number of rotatable bonds is 16. The second kappa shape index (κ2) is 14.3. The molecular formula is C24H36N2O4S2. The fourth-order valence-electron chi connectivity index (χ4n) is 3.67. The summed E-state index contributed by atoms with van der Waals surface area (Å²) >= 11 is 0. The lowest BCUT2D eigenvalue weighted by Crippen LogP contribution is -2.14. The summed E-state index contributed by atoms with van der Waals surface area (Å²) in [4.78, 5) is -0.493. The second-order valence-electron chi connectivity index (χ2n) is 8.21. The first-order valence-corrected chi connectivity index (χ1v) is 15.0. The van der Waals surface area contributed by atoms with E-state index >= 15 is 0 Å². The molecule has 0 atom stereocenters. The second-order valence-corrected chi connectivity index (χ2v) is 12.4. The van der Waals surface area contributed by atoms with E-state index in [-0.39, 0.29) is 32.4 Å². The van der Waals surface area contributed by atoms with E-state index in [0.717, 1.165) is 64.2 Å². The maximum atomic E-state index is 12.8. The third-order valence-corrected chi connectivity index (χ3v) is 9.23. The Kier molecular flexibility index (Phi) is 12.6. The highest BCUT2D eigenvalue weighted by Crippen LogP contribution is 2.28. The van der Waals surface area contributed by atoms with Crippen molar-refractivity contribution in [3.8, 4) is 12.1 Å². The fraction of sp³-hybridized carbons (Fsp3) is 0.667. The molecule has 0 radical (unpaired) electrons. The molecule has 0 aliphatic carbocycles. The summed E-state index contributed by atoms with van der Waals surface area (Å²) in [6.07, 6.45) is 11.0. The van der Waals surface area contributed by atoms with Crippen LogP contribution in [0.5, 0.6) is 0 Å². The van der Waals surface area contributed by atoms with E-state index in [4.69, 9.17) is 0 Å². The van der Waals surface area contributed by atoms with E-state index in [1.807, 2.05) is 0 Å². The zero-order valence-corrected chi connectivity index (χ0v) is 21.0. The maximum Gasteiger partial charge on any atom is 0.179 e. The van der Waals surface area contributed by atoms with Gasteiger partial charge in [0.1, 0.15) is 12.1 Å². The number of nitriles is 2. The van der Waals surface area contributed by atoms with Gasteiger partial charge in [-0.15, -0.1) is 0 Å². The van der Waals surface area contributed by atoms with Crippen LogP contribution in [-0.4, -0.2) is 28.3 Å². The standard InChI is InChI=1S/C24H36N2O4S2/c1-3-5-7-9-11-13-17-31(27,28)23-15-16-24(22(20-26)21(23)19-25)32(29,30)18-14-12-10-8-6-4-2/h15-16H,3-14,17-18H2,1-2H3. The number of nitrogens with zero attached hydrogens (tertiary/aromatic N) is 2. The third-order valence-electron chi connectivity index (χ3n) is 5.56. The zero-order chi connectivity index (χ0) is 24.0. The molecule has 0 aromatic heterocycles. The van der Waals surface area contributed by atoms with Crippen LogP contribution in [0.1, 0.15) is 102 Å². The van der Waals surface area contributed by atoms with Crippen LogP contribution in [0.15, 0.2) is 21.9 Å². The van der Waals surface area contributed by atoms with E-state index in [9.17, 15) is 27.4 Å². The van der Waals surface area contributed by atoms with E-state index in [1.54, 1.807) is 12.1 Å². The van der Waals surface area contributed by atoms with Crippen LogP contribution in [0.2, 0.25) is 0 Å². The molecule has 8 heteroatoms. The Morgan fingerprint density at radius 3 is 1.22 bits per heavy atom. The molecule has 0 aliphatic rings. The van der Waals surface area contributed by atoms with Crippen LogP contribution in [0.3, 0.4) is 0 Å². The van der Waals surface area contributed by atoms with Crippen molar-refractivity contribution in [1.29, 1.82) is 10.5 Å². The topological polar surface area (TPSA) is 116 Å². The molecular weight excluding hydrogens is 444 g/mol. The van der Waals surface area contributed by atoms with Gasteiger partial charge in [0.05, 0.1) is 32.4 Å². The van der Waals surface area contributed by atoms with Gasteiger partial charge in [-0.3, -0.25) is 0 Å². The van der Waals surface area contributed by atoms with Gasteiger partial charge in [0.25, 0.3) is 0 Å². The predicted molar refractivity (Wildman–Crippen MR) is 127 cm³/mol. The zero-order valence-electron chi connectivity index (χ0n) is 19.4. The highest BCUT2D eigenvalue weighted by molar-refractivity contribution is 7.92. The van der Waals surface area contributed by atoms with Crippen LogP contribution < -0.4 is 0 Å². The molecule has 0 saturated heterocycles. The highest BCUT2D eigenvalue weighted by atomic mass is 32.2. The molecule has 0 N–H and O–H groups in total. The summed E-state index contributed by atoms with van der Waals surface area (Å²) in [7, 11) is -7.58. The van der Waals surface area contributed by atoms with E-state index in [1.165, 1.54) is 12.1 Å². The SMILES string of the molecule is CCCCCCCCS(=O)(=O)c1ccc(S(=O)(=O)CCCCCCCC)c(C#N)c1C#N. The first kappa shape index (κ1) is 28.1. The molecule has 0 spiro atoms. The largest absolute Gasteiger partial charge is 0.224 e. The average Bonchev–Trinajstić information content (AvgIpc) is 2.77. The van der Waals surface area contributed by atoms with Gasteiger partial charge >= 0.3 is 0 Å². The average molecular weight is 481 g/mol. The maximum absolute atomic E-state index is 12.8. The molecule has 1 aromatic rings. The molecule has 0 bridgehead atoms. The van der Waals surface area contributed by atoms with Crippen LogP contribution >= 0.6 is 0 Å². The third kappa shape index (κ3) is 8.56. The van der Waals surface area contributed by atoms with Crippen molar-refractivity contribution < 1.29 is 16.8 Å². The Morgan fingerprint density at radius 1 is 0.594 bits per heavy atom. The van der Waals surface area contributed by atoms with Gasteiger partial charge in [-0.2, -0.15) is 10.5 Å². The minimum atomic E-state index is -3.79. The monoisotopic (exact) mass is 480 g/mol. The lowest BCUT2D eigenvalue weighted by molar-refractivity contribution is 0.580. The number of sulfone groups is 2. The van der Waals surface area contributed by atoms with Crippen molar-refractivity contribution in [2.24, 2.45) is 0 Å². The Balaban J connectivity index is 3.01. The van der Waals surface area contributed by atoms with Gasteiger partial charge in [0, 0.05) is 0 Å². The normalized spacial score (nSPS) is 11.8. The molecule has 32 heavy (non-hydrogen) atoms. The van der Waals surface area contributed by atoms with Crippen molar-refractivity contribution in [3.05, 3.63) is 23.3 Å². The minimum Gasteiger partial charge on any atom is -0.224 e. The quantitative estimate of drug-likeness (QED) is 0.280. The van der Waals surface area contributed by atoms with Crippen LogP contribution in [-0.2, 0) is 19.7 Å². The van der Waals surface area contributed by atoms with Gasteiger partial charge in [0.2, 0.25) is 0 Å². The Hall–Kier alpha value is -1.90. The van der Waals surface area contributed by atoms with E-state index < -0.39 is 19.7 Å². The van der Waals surface area contributed by atoms with Crippen LogP contribution in [0.4, 0.5) is 0 Å². The van der Waals surface area contributed by atoms with E-state index in [2.05, 4.69) is 13.8 Å². The van der Waals surface area contributed by atoms with Gasteiger partial charge < -0.3 is 0 Å². The molecule has 0 fully saturated rings. The van der Waals surface area contributed by atoms with Crippen LogP contribution in [0.25, 0.3) is 0 Å². The first-order chi connectivity index (χ1) is 15.2. The molecule has 0 heterocycles. The lowest BCUT2D eigenvalue weighted by atomic mass is 10.1. The summed E-state index contributed by atoms with van der Waals surface area (Å²) < 4.78 is 51.3. The van der Waals surface area contributed by atoms with Crippen molar-refractivity contribution in [2.45, 2.75) is 101 Å². The summed E-state index contributed by atoms with van der Waals surface area (Å²) in [5, 5.41) is 19.2. The van der Waals surface area contributed by atoms with Gasteiger partial charge in [0.15, 0.2) is 19.7 Å². The lowest BCUT2D eigenvalue weighted by Gasteiger charge is -2.12. The molecule has 0 amide bonds. The minimum absolute atomic E-state index is 0.122. The van der Waals surface area contributed by atoms with Crippen molar-refractivity contribution >= 4 is 19.7 Å². The molecule has 0 saturated carbocycles. The number of hydrogen-bond acceptors (Lipinski definition) is 6. The van der Waals surface area contributed by atoms with Crippen LogP contribution in [0, 0.1) is 22.7 Å². The first-order valence-electron chi connectivity index (χ1n) is 11.7. The predicted octanol–water partition coefficient (Wildman–Crippen LogP) is 5.70. The van der Waals surface area contributed by atoms with Gasteiger partial charge in [-0.25, -0.2) is 16.8 Å². The summed E-state index contributed by atoms with van der Waals surface area (Å²) in [6.45, 7) is 4.22. The van der Waals surface area contributed by atoms with Crippen molar-refractivity contribution in [1.82, 2.24) is 0 Å². The Morgan fingerprint density at radius 2 is 0.906 bits per heavy atom. The smallest absolute Gasteiger partial charge is 0.179 e. The summed E-state index contributed by atoms with van der Waals surface area (Å²) in [5.41, 5.74) is -0.718. The summed E-state index contributed by atoms with van der Waals surface area (Å²) in [6, 6.07) is 5.91.